The Morgan fingerprint density at radius 1 is 1.38 bits per heavy atom. The molecule has 0 aromatic heterocycles. The highest BCUT2D eigenvalue weighted by Crippen LogP contribution is 2.05. The lowest BCUT2D eigenvalue weighted by Crippen LogP contribution is -2.21. The molecule has 0 heterocycles. The van der Waals surface area contributed by atoms with Gasteiger partial charge in [0.1, 0.15) is 0 Å². The van der Waals surface area contributed by atoms with Crippen LogP contribution in [-0.2, 0) is 14.3 Å². The van der Waals surface area contributed by atoms with Crippen LogP contribution in [0.4, 0.5) is 0 Å². The number of rotatable bonds is 7. The Labute approximate surface area is 78.8 Å². The molecule has 2 atom stereocenters. The highest BCUT2D eigenvalue weighted by atomic mass is 16.5. The van der Waals surface area contributed by atoms with Crippen LogP contribution in [0.3, 0.4) is 0 Å². The predicted octanol–water partition coefficient (Wildman–Crippen LogP) is 1.29. The first-order chi connectivity index (χ1) is 6.06. The van der Waals surface area contributed by atoms with Gasteiger partial charge in [-0.2, -0.15) is 0 Å². The third kappa shape index (κ3) is 7.74. The summed E-state index contributed by atoms with van der Waals surface area (Å²) in [5.74, 6) is -0.783. The van der Waals surface area contributed by atoms with Crippen molar-refractivity contribution in [2.75, 3.05) is 13.7 Å². The Morgan fingerprint density at radius 3 is 2.46 bits per heavy atom. The highest BCUT2D eigenvalue weighted by molar-refractivity contribution is 5.66. The highest BCUT2D eigenvalue weighted by Gasteiger charge is 2.09. The quantitative estimate of drug-likeness (QED) is 0.657. The third-order valence-corrected chi connectivity index (χ3v) is 1.63. The van der Waals surface area contributed by atoms with Gasteiger partial charge in [0.25, 0.3) is 0 Å². The van der Waals surface area contributed by atoms with E-state index in [-0.39, 0.29) is 18.6 Å². The van der Waals surface area contributed by atoms with Gasteiger partial charge in [-0.1, -0.05) is 0 Å². The van der Waals surface area contributed by atoms with Gasteiger partial charge in [0, 0.05) is 13.5 Å². The van der Waals surface area contributed by atoms with Crippen LogP contribution in [0.1, 0.15) is 26.7 Å². The first-order valence-electron chi connectivity index (χ1n) is 4.42. The molecule has 0 radical (unpaired) electrons. The van der Waals surface area contributed by atoms with Gasteiger partial charge in [-0.05, 0) is 20.3 Å². The number of hydrogen-bond donors (Lipinski definition) is 1. The van der Waals surface area contributed by atoms with Crippen molar-refractivity contribution >= 4 is 5.97 Å². The number of carbonyl (C=O) groups is 1. The monoisotopic (exact) mass is 190 g/mol. The molecule has 0 bridgehead atoms. The summed E-state index contributed by atoms with van der Waals surface area (Å²) in [6.07, 6.45) is 0.694. The van der Waals surface area contributed by atoms with E-state index in [1.54, 1.807) is 7.11 Å². The van der Waals surface area contributed by atoms with Crippen LogP contribution < -0.4 is 0 Å². The minimum atomic E-state index is -0.783. The van der Waals surface area contributed by atoms with Gasteiger partial charge in [0.2, 0.25) is 0 Å². The Kier molecular flexibility index (Phi) is 6.54. The summed E-state index contributed by atoms with van der Waals surface area (Å²) in [5.41, 5.74) is 0. The number of carboxylic acids is 1. The lowest BCUT2D eigenvalue weighted by atomic mass is 10.2. The number of aliphatic carboxylic acids is 1. The van der Waals surface area contributed by atoms with E-state index in [0.717, 1.165) is 0 Å². The summed E-state index contributed by atoms with van der Waals surface area (Å²) in [6.45, 7) is 4.31. The van der Waals surface area contributed by atoms with Crippen LogP contribution in [-0.4, -0.2) is 37.0 Å². The molecule has 0 spiro atoms. The van der Waals surface area contributed by atoms with Crippen LogP contribution in [0.5, 0.6) is 0 Å². The second kappa shape index (κ2) is 6.86. The number of methoxy groups -OCH3 is 1. The maximum atomic E-state index is 10.2. The van der Waals surface area contributed by atoms with Gasteiger partial charge in [0.05, 0.1) is 18.8 Å². The van der Waals surface area contributed by atoms with E-state index >= 15 is 0 Å². The summed E-state index contributed by atoms with van der Waals surface area (Å²) in [6, 6.07) is 0. The second-order valence-corrected chi connectivity index (χ2v) is 3.15. The Morgan fingerprint density at radius 2 is 2.00 bits per heavy atom. The van der Waals surface area contributed by atoms with E-state index in [1.807, 2.05) is 13.8 Å². The van der Waals surface area contributed by atoms with Crippen molar-refractivity contribution in [3.8, 4) is 0 Å². The molecule has 0 aliphatic carbocycles. The van der Waals surface area contributed by atoms with Crippen molar-refractivity contribution in [1.29, 1.82) is 0 Å². The standard InChI is InChI=1S/C9H18O4/c1-7(4-5-9(10)11)13-8(2)6-12-3/h7-8H,4-6H2,1-3H3,(H,10,11). The van der Waals surface area contributed by atoms with Crippen molar-refractivity contribution in [2.24, 2.45) is 0 Å². The molecule has 0 amide bonds. The minimum Gasteiger partial charge on any atom is -0.481 e. The van der Waals surface area contributed by atoms with Crippen LogP contribution in [0.25, 0.3) is 0 Å². The van der Waals surface area contributed by atoms with E-state index in [1.165, 1.54) is 0 Å². The van der Waals surface area contributed by atoms with E-state index < -0.39 is 5.97 Å². The van der Waals surface area contributed by atoms with Crippen molar-refractivity contribution < 1.29 is 19.4 Å². The maximum absolute atomic E-state index is 10.2. The van der Waals surface area contributed by atoms with Crippen LogP contribution in [0.2, 0.25) is 0 Å². The lowest BCUT2D eigenvalue weighted by Gasteiger charge is -2.17. The molecule has 0 fully saturated rings. The zero-order valence-corrected chi connectivity index (χ0v) is 8.45. The van der Waals surface area contributed by atoms with E-state index in [2.05, 4.69) is 0 Å². The Balaban J connectivity index is 3.48. The maximum Gasteiger partial charge on any atom is 0.303 e. The summed E-state index contributed by atoms with van der Waals surface area (Å²) < 4.78 is 10.3. The van der Waals surface area contributed by atoms with Crippen molar-refractivity contribution in [1.82, 2.24) is 0 Å². The minimum absolute atomic E-state index is 0.0220. The molecule has 0 aliphatic rings. The summed E-state index contributed by atoms with van der Waals surface area (Å²) in [5, 5.41) is 8.42. The fraction of sp³-hybridized carbons (Fsp3) is 0.889. The topological polar surface area (TPSA) is 55.8 Å². The smallest absolute Gasteiger partial charge is 0.303 e. The molecule has 13 heavy (non-hydrogen) atoms. The molecule has 2 unspecified atom stereocenters. The molecule has 0 saturated heterocycles. The normalized spacial score (nSPS) is 15.3. The van der Waals surface area contributed by atoms with Gasteiger partial charge >= 0.3 is 5.97 Å². The van der Waals surface area contributed by atoms with E-state index in [4.69, 9.17) is 14.6 Å². The van der Waals surface area contributed by atoms with Crippen LogP contribution in [0.15, 0.2) is 0 Å². The first-order valence-corrected chi connectivity index (χ1v) is 4.42. The largest absolute Gasteiger partial charge is 0.481 e. The molecule has 0 aromatic rings. The summed E-state index contributed by atoms with van der Waals surface area (Å²) in [4.78, 5) is 10.2. The molecule has 0 aromatic carbocycles. The van der Waals surface area contributed by atoms with Gasteiger partial charge in [-0.25, -0.2) is 0 Å². The first kappa shape index (κ1) is 12.4. The molecule has 1 N–H and O–H groups in total. The predicted molar refractivity (Wildman–Crippen MR) is 48.8 cm³/mol. The molecular formula is C9H18O4. The Bertz CT molecular complexity index is 147. The van der Waals surface area contributed by atoms with Crippen LogP contribution in [0, 0.1) is 0 Å². The average molecular weight is 190 g/mol. The fourth-order valence-electron chi connectivity index (χ4n) is 1.07. The second-order valence-electron chi connectivity index (χ2n) is 3.15. The Hall–Kier alpha value is -0.610. The summed E-state index contributed by atoms with van der Waals surface area (Å²) >= 11 is 0. The van der Waals surface area contributed by atoms with Gasteiger partial charge in [-0.3, -0.25) is 4.79 Å². The number of carboxylic acid groups (broad SMARTS) is 1. The lowest BCUT2D eigenvalue weighted by molar-refractivity contribution is -0.138. The van der Waals surface area contributed by atoms with Gasteiger partial charge < -0.3 is 14.6 Å². The molecule has 4 heteroatoms. The fourth-order valence-corrected chi connectivity index (χ4v) is 1.07. The molecule has 0 aliphatic heterocycles. The molecule has 78 valence electrons. The third-order valence-electron chi connectivity index (χ3n) is 1.63. The van der Waals surface area contributed by atoms with Crippen molar-refractivity contribution in [3.05, 3.63) is 0 Å². The number of ether oxygens (including phenoxy) is 2. The molecule has 4 nitrogen and oxygen atoms in total. The molecule has 0 saturated carbocycles. The van der Waals surface area contributed by atoms with Crippen LogP contribution >= 0.6 is 0 Å². The zero-order valence-electron chi connectivity index (χ0n) is 8.45. The average Bonchev–Trinajstić information content (AvgIpc) is 2.01. The molecule has 0 rings (SSSR count). The van der Waals surface area contributed by atoms with E-state index in [0.29, 0.717) is 13.0 Å². The van der Waals surface area contributed by atoms with Crippen molar-refractivity contribution in [2.45, 2.75) is 38.9 Å². The number of hydrogen-bond acceptors (Lipinski definition) is 3. The zero-order chi connectivity index (χ0) is 10.3. The van der Waals surface area contributed by atoms with Gasteiger partial charge in [0.15, 0.2) is 0 Å². The van der Waals surface area contributed by atoms with Gasteiger partial charge in [-0.15, -0.1) is 0 Å². The summed E-state index contributed by atoms with van der Waals surface area (Å²) in [7, 11) is 1.61. The molecular weight excluding hydrogens is 172 g/mol. The van der Waals surface area contributed by atoms with E-state index in [9.17, 15) is 4.79 Å². The SMILES string of the molecule is COCC(C)OC(C)CCC(=O)O. The van der Waals surface area contributed by atoms with Crippen molar-refractivity contribution in [3.63, 3.8) is 0 Å².